The largest absolute Gasteiger partial charge is 0.380 e. The summed E-state index contributed by atoms with van der Waals surface area (Å²) in [5.41, 5.74) is 7.98. The quantitative estimate of drug-likeness (QED) is 0.831. The van der Waals surface area contributed by atoms with Crippen molar-refractivity contribution < 1.29 is 9.53 Å². The number of ether oxygens (including phenoxy) is 1. The van der Waals surface area contributed by atoms with Crippen LogP contribution >= 0.6 is 0 Å². The molecule has 0 saturated heterocycles. The maximum atomic E-state index is 12.0. The molecule has 1 atom stereocenters. The number of amides is 1. The fraction of sp³-hybridized carbons (Fsp3) is 0.562. The number of benzene rings is 1. The maximum absolute atomic E-state index is 12.0. The highest BCUT2D eigenvalue weighted by Crippen LogP contribution is 2.15. The molecule has 1 rings (SSSR count). The average Bonchev–Trinajstić information content (AvgIpc) is 2.44. The van der Waals surface area contributed by atoms with Gasteiger partial charge in [-0.15, -0.1) is 0 Å². The van der Waals surface area contributed by atoms with Gasteiger partial charge in [0.15, 0.2) is 0 Å². The van der Waals surface area contributed by atoms with Gasteiger partial charge in [0.05, 0.1) is 12.5 Å². The minimum Gasteiger partial charge on any atom is -0.380 e. The van der Waals surface area contributed by atoms with Crippen LogP contribution in [0.2, 0.25) is 0 Å². The summed E-state index contributed by atoms with van der Waals surface area (Å²) in [6.45, 7) is 5.31. The second-order valence-electron chi connectivity index (χ2n) is 5.44. The molecule has 0 bridgehead atoms. The zero-order valence-corrected chi connectivity index (χ0v) is 12.9. The van der Waals surface area contributed by atoms with Gasteiger partial charge in [0.1, 0.15) is 0 Å². The van der Waals surface area contributed by atoms with Crippen molar-refractivity contribution in [3.8, 4) is 0 Å². The second kappa shape index (κ2) is 8.02. The number of nitrogens with two attached hydrogens (primary N) is 1. The fourth-order valence-electron chi connectivity index (χ4n) is 1.98. The third kappa shape index (κ3) is 4.94. The van der Waals surface area contributed by atoms with E-state index in [1.165, 1.54) is 5.56 Å². The Bertz CT molecular complexity index is 411. The van der Waals surface area contributed by atoms with Crippen LogP contribution in [-0.2, 0) is 16.1 Å². The maximum Gasteiger partial charge on any atom is 0.225 e. The number of carbonyl (C=O) groups is 1. The van der Waals surface area contributed by atoms with Crippen molar-refractivity contribution in [2.24, 2.45) is 5.73 Å². The lowest BCUT2D eigenvalue weighted by molar-refractivity contribution is -0.132. The standard InChI is InChI=1S/C16H26N2O2/c1-12(2)14-7-5-13(6-8-14)11-18(3)16(19)9-15(10-17)20-4/h5-8,12,15H,9-11,17H2,1-4H3. The zero-order chi connectivity index (χ0) is 15.1. The molecule has 112 valence electrons. The first-order chi connectivity index (χ1) is 9.47. The van der Waals surface area contributed by atoms with E-state index >= 15 is 0 Å². The van der Waals surface area contributed by atoms with Crippen LogP contribution < -0.4 is 5.73 Å². The number of rotatable bonds is 7. The Hall–Kier alpha value is -1.39. The van der Waals surface area contributed by atoms with Crippen LogP contribution in [0.15, 0.2) is 24.3 Å². The Morgan fingerprint density at radius 1 is 1.30 bits per heavy atom. The predicted molar refractivity (Wildman–Crippen MR) is 81.5 cm³/mol. The minimum absolute atomic E-state index is 0.0511. The molecule has 20 heavy (non-hydrogen) atoms. The molecule has 0 saturated carbocycles. The highest BCUT2D eigenvalue weighted by molar-refractivity contribution is 5.76. The molecule has 1 amide bonds. The van der Waals surface area contributed by atoms with Crippen LogP contribution in [0.4, 0.5) is 0 Å². The Labute approximate surface area is 121 Å². The fourth-order valence-corrected chi connectivity index (χ4v) is 1.98. The summed E-state index contributed by atoms with van der Waals surface area (Å²) < 4.78 is 5.14. The predicted octanol–water partition coefficient (Wildman–Crippen LogP) is 2.13. The smallest absolute Gasteiger partial charge is 0.225 e. The lowest BCUT2D eigenvalue weighted by Crippen LogP contribution is -2.33. The first-order valence-corrected chi connectivity index (χ1v) is 7.03. The van der Waals surface area contributed by atoms with E-state index < -0.39 is 0 Å². The van der Waals surface area contributed by atoms with Crippen molar-refractivity contribution in [2.45, 2.75) is 38.8 Å². The van der Waals surface area contributed by atoms with Crippen LogP contribution in [0.5, 0.6) is 0 Å². The average molecular weight is 278 g/mol. The third-order valence-corrected chi connectivity index (χ3v) is 3.49. The lowest BCUT2D eigenvalue weighted by atomic mass is 10.0. The summed E-state index contributed by atoms with van der Waals surface area (Å²) in [4.78, 5) is 13.8. The van der Waals surface area contributed by atoms with E-state index in [2.05, 4.69) is 38.1 Å². The molecule has 0 heterocycles. The van der Waals surface area contributed by atoms with Crippen molar-refractivity contribution in [3.63, 3.8) is 0 Å². The Kier molecular flexibility index (Phi) is 6.68. The van der Waals surface area contributed by atoms with E-state index in [0.29, 0.717) is 25.4 Å². The molecule has 0 aliphatic heterocycles. The van der Waals surface area contributed by atoms with E-state index in [1.807, 2.05) is 7.05 Å². The minimum atomic E-state index is -0.201. The number of hydrogen-bond acceptors (Lipinski definition) is 3. The van der Waals surface area contributed by atoms with Crippen LogP contribution in [0.1, 0.15) is 37.3 Å². The van der Waals surface area contributed by atoms with Gasteiger partial charge in [0.25, 0.3) is 0 Å². The van der Waals surface area contributed by atoms with Gasteiger partial charge >= 0.3 is 0 Å². The van der Waals surface area contributed by atoms with Crippen molar-refractivity contribution >= 4 is 5.91 Å². The molecule has 0 radical (unpaired) electrons. The molecule has 0 aliphatic carbocycles. The molecule has 0 aromatic heterocycles. The van der Waals surface area contributed by atoms with Gasteiger partial charge < -0.3 is 15.4 Å². The Morgan fingerprint density at radius 3 is 2.35 bits per heavy atom. The summed E-state index contributed by atoms with van der Waals surface area (Å²) in [5, 5.41) is 0. The van der Waals surface area contributed by atoms with Crippen molar-refractivity contribution in [1.82, 2.24) is 4.90 Å². The number of carbonyl (C=O) groups excluding carboxylic acids is 1. The zero-order valence-electron chi connectivity index (χ0n) is 12.9. The first kappa shape index (κ1) is 16.7. The van der Waals surface area contributed by atoms with Gasteiger partial charge in [-0.3, -0.25) is 4.79 Å². The number of hydrogen-bond donors (Lipinski definition) is 1. The molecular weight excluding hydrogens is 252 g/mol. The monoisotopic (exact) mass is 278 g/mol. The van der Waals surface area contributed by atoms with E-state index in [9.17, 15) is 4.79 Å². The molecule has 0 spiro atoms. The van der Waals surface area contributed by atoms with Crippen LogP contribution in [0.3, 0.4) is 0 Å². The van der Waals surface area contributed by atoms with Gasteiger partial charge in [-0.25, -0.2) is 0 Å². The SMILES string of the molecule is COC(CN)CC(=O)N(C)Cc1ccc(C(C)C)cc1. The molecule has 0 fully saturated rings. The summed E-state index contributed by atoms with van der Waals surface area (Å²) in [5.74, 6) is 0.575. The van der Waals surface area contributed by atoms with E-state index in [4.69, 9.17) is 10.5 Å². The van der Waals surface area contributed by atoms with Crippen molar-refractivity contribution in [3.05, 3.63) is 35.4 Å². The highest BCUT2D eigenvalue weighted by Gasteiger charge is 2.15. The molecule has 4 heteroatoms. The van der Waals surface area contributed by atoms with Gasteiger partial charge in [-0.2, -0.15) is 0 Å². The normalized spacial score (nSPS) is 12.5. The topological polar surface area (TPSA) is 55.6 Å². The van der Waals surface area contributed by atoms with Crippen molar-refractivity contribution in [1.29, 1.82) is 0 Å². The summed E-state index contributed by atoms with van der Waals surface area (Å²) in [6, 6.07) is 8.40. The van der Waals surface area contributed by atoms with Crippen LogP contribution in [0.25, 0.3) is 0 Å². The molecule has 0 aliphatic rings. The molecule has 1 unspecified atom stereocenters. The third-order valence-electron chi connectivity index (χ3n) is 3.49. The molecule has 2 N–H and O–H groups in total. The number of nitrogens with zero attached hydrogens (tertiary/aromatic N) is 1. The molecular formula is C16H26N2O2. The molecule has 4 nitrogen and oxygen atoms in total. The summed E-state index contributed by atoms with van der Waals surface area (Å²) >= 11 is 0. The van der Waals surface area contributed by atoms with Crippen molar-refractivity contribution in [2.75, 3.05) is 20.7 Å². The lowest BCUT2D eigenvalue weighted by Gasteiger charge is -2.20. The highest BCUT2D eigenvalue weighted by atomic mass is 16.5. The summed E-state index contributed by atoms with van der Waals surface area (Å²) in [7, 11) is 3.39. The van der Waals surface area contributed by atoms with E-state index in [-0.39, 0.29) is 12.0 Å². The Balaban J connectivity index is 2.56. The Morgan fingerprint density at radius 2 is 1.90 bits per heavy atom. The second-order valence-corrected chi connectivity index (χ2v) is 5.44. The van der Waals surface area contributed by atoms with Gasteiger partial charge in [-0.05, 0) is 17.0 Å². The molecule has 1 aromatic carbocycles. The summed E-state index contributed by atoms with van der Waals surface area (Å²) in [6.07, 6.45) is 0.126. The molecule has 1 aromatic rings. The van der Waals surface area contributed by atoms with E-state index in [1.54, 1.807) is 12.0 Å². The van der Waals surface area contributed by atoms with Gasteiger partial charge in [0, 0.05) is 27.2 Å². The number of methoxy groups -OCH3 is 1. The van der Waals surface area contributed by atoms with Crippen LogP contribution in [0, 0.1) is 0 Å². The van der Waals surface area contributed by atoms with Gasteiger partial charge in [-0.1, -0.05) is 38.1 Å². The van der Waals surface area contributed by atoms with Crippen LogP contribution in [-0.4, -0.2) is 37.6 Å². The first-order valence-electron chi connectivity index (χ1n) is 7.03. The van der Waals surface area contributed by atoms with E-state index in [0.717, 1.165) is 5.56 Å². The van der Waals surface area contributed by atoms with Gasteiger partial charge in [0.2, 0.25) is 5.91 Å².